The molecule has 1 atom stereocenters. The van der Waals surface area contributed by atoms with Crippen molar-refractivity contribution in [2.45, 2.75) is 34.6 Å². The van der Waals surface area contributed by atoms with Gasteiger partial charge in [-0.15, -0.1) is 0 Å². The maximum atomic E-state index is 11.7. The van der Waals surface area contributed by atoms with E-state index in [1.807, 2.05) is 26.8 Å². The van der Waals surface area contributed by atoms with E-state index in [0.29, 0.717) is 18.4 Å². The Morgan fingerprint density at radius 1 is 1.25 bits per heavy atom. The minimum absolute atomic E-state index is 0.166. The van der Waals surface area contributed by atoms with Gasteiger partial charge in [0.2, 0.25) is 0 Å². The number of esters is 1. The van der Waals surface area contributed by atoms with Crippen molar-refractivity contribution < 1.29 is 9.53 Å². The van der Waals surface area contributed by atoms with Crippen LogP contribution in [0, 0.1) is 17.8 Å². The van der Waals surface area contributed by atoms with Gasteiger partial charge in [-0.1, -0.05) is 46.4 Å². The van der Waals surface area contributed by atoms with Crippen LogP contribution in [0.4, 0.5) is 0 Å². The number of carbonyl (C=O) groups excluding carboxylic acids is 1. The van der Waals surface area contributed by atoms with Gasteiger partial charge in [0.15, 0.2) is 0 Å². The second-order valence-electron chi connectivity index (χ2n) is 4.86. The summed E-state index contributed by atoms with van der Waals surface area (Å²) in [5.74, 6) is 0.393. The first kappa shape index (κ1) is 14.9. The molecule has 0 bridgehead atoms. The molecule has 0 aromatic carbocycles. The average Bonchev–Trinajstić information content (AvgIpc) is 2.21. The van der Waals surface area contributed by atoms with Crippen LogP contribution in [0.5, 0.6) is 0 Å². The van der Waals surface area contributed by atoms with E-state index in [4.69, 9.17) is 4.74 Å². The van der Waals surface area contributed by atoms with Crippen molar-refractivity contribution >= 4 is 5.97 Å². The predicted octanol–water partition coefficient (Wildman–Crippen LogP) is 3.59. The van der Waals surface area contributed by atoms with E-state index in [2.05, 4.69) is 20.4 Å². The molecule has 2 nitrogen and oxygen atoms in total. The van der Waals surface area contributed by atoms with Gasteiger partial charge in [-0.25, -0.2) is 0 Å². The average molecular weight is 224 g/mol. The van der Waals surface area contributed by atoms with Gasteiger partial charge in [-0.05, 0) is 24.3 Å². The smallest absolute Gasteiger partial charge is 0.313 e. The minimum Gasteiger partial charge on any atom is -0.465 e. The summed E-state index contributed by atoms with van der Waals surface area (Å²) in [6.45, 7) is 14.3. The quantitative estimate of drug-likeness (QED) is 0.509. The second kappa shape index (κ2) is 7.26. The van der Waals surface area contributed by atoms with Gasteiger partial charge in [0, 0.05) is 0 Å². The zero-order valence-electron chi connectivity index (χ0n) is 11.1. The Morgan fingerprint density at radius 2 is 1.81 bits per heavy atom. The van der Waals surface area contributed by atoms with E-state index < -0.39 is 0 Å². The highest BCUT2D eigenvalue weighted by molar-refractivity contribution is 5.76. The molecule has 0 aliphatic heterocycles. The monoisotopic (exact) mass is 224 g/mol. The van der Waals surface area contributed by atoms with Crippen molar-refractivity contribution in [3.05, 3.63) is 24.3 Å². The first-order valence-electron chi connectivity index (χ1n) is 5.89. The molecule has 0 aromatic heterocycles. The zero-order valence-corrected chi connectivity index (χ0v) is 11.1. The molecule has 0 aromatic rings. The number of rotatable bonds is 6. The van der Waals surface area contributed by atoms with E-state index in [9.17, 15) is 4.79 Å². The van der Waals surface area contributed by atoms with Crippen LogP contribution in [-0.2, 0) is 9.53 Å². The van der Waals surface area contributed by atoms with Crippen LogP contribution < -0.4 is 0 Å². The van der Waals surface area contributed by atoms with E-state index in [-0.39, 0.29) is 11.9 Å². The number of hydrogen-bond donors (Lipinski definition) is 0. The van der Waals surface area contributed by atoms with Crippen molar-refractivity contribution in [1.29, 1.82) is 0 Å². The van der Waals surface area contributed by atoms with Gasteiger partial charge in [-0.2, -0.15) is 0 Å². The maximum absolute atomic E-state index is 11.7. The summed E-state index contributed by atoms with van der Waals surface area (Å²) in [6.07, 6.45) is 3.79. The number of hydrogen-bond acceptors (Lipinski definition) is 2. The largest absolute Gasteiger partial charge is 0.465 e. The van der Waals surface area contributed by atoms with Gasteiger partial charge in [0.1, 0.15) is 0 Å². The van der Waals surface area contributed by atoms with E-state index in [1.54, 1.807) is 6.08 Å². The second-order valence-corrected chi connectivity index (χ2v) is 4.86. The molecule has 0 amide bonds. The lowest BCUT2D eigenvalue weighted by Gasteiger charge is -2.14. The Kier molecular flexibility index (Phi) is 6.78. The highest BCUT2D eigenvalue weighted by Gasteiger charge is 2.17. The third-order valence-corrected chi connectivity index (χ3v) is 2.17. The van der Waals surface area contributed by atoms with Gasteiger partial charge < -0.3 is 4.74 Å². The molecule has 0 saturated heterocycles. The van der Waals surface area contributed by atoms with Crippen LogP contribution in [0.25, 0.3) is 0 Å². The van der Waals surface area contributed by atoms with E-state index in [1.165, 1.54) is 0 Å². The Hall–Kier alpha value is -1.05. The molecule has 0 N–H and O–H groups in total. The fourth-order valence-electron chi connectivity index (χ4n) is 1.28. The molecular weight excluding hydrogens is 200 g/mol. The molecule has 2 heteroatoms. The summed E-state index contributed by atoms with van der Waals surface area (Å²) in [4.78, 5) is 11.7. The Bertz CT molecular complexity index is 262. The summed E-state index contributed by atoms with van der Waals surface area (Å²) in [5.41, 5.74) is 0.948. The van der Waals surface area contributed by atoms with Crippen LogP contribution in [-0.4, -0.2) is 12.6 Å². The van der Waals surface area contributed by atoms with Crippen LogP contribution in [0.2, 0.25) is 0 Å². The van der Waals surface area contributed by atoms with Gasteiger partial charge in [0.05, 0.1) is 12.5 Å². The standard InChI is InChI=1S/C14H24O2/c1-7-13(8-10(2)3)12(6)14(15)16-9-11(4)5/h7-8,10-12H,1,9H2,2-6H3. The summed E-state index contributed by atoms with van der Waals surface area (Å²) in [7, 11) is 0. The molecular formula is C14H24O2. The van der Waals surface area contributed by atoms with Crippen molar-refractivity contribution in [3.8, 4) is 0 Å². The number of carbonyl (C=O) groups is 1. The molecule has 0 saturated carbocycles. The summed E-state index contributed by atoms with van der Waals surface area (Å²) >= 11 is 0. The number of allylic oxidation sites excluding steroid dienone is 2. The number of ether oxygens (including phenoxy) is 1. The highest BCUT2D eigenvalue weighted by atomic mass is 16.5. The Morgan fingerprint density at radius 3 is 2.19 bits per heavy atom. The molecule has 0 rings (SSSR count). The van der Waals surface area contributed by atoms with Crippen LogP contribution >= 0.6 is 0 Å². The Labute approximate surface area is 99.4 Å². The van der Waals surface area contributed by atoms with Crippen molar-refractivity contribution in [2.24, 2.45) is 17.8 Å². The summed E-state index contributed by atoms with van der Waals surface area (Å²) in [5, 5.41) is 0. The molecule has 0 aliphatic rings. The SMILES string of the molecule is C=CC(=CC(C)C)C(C)C(=O)OCC(C)C. The van der Waals surface area contributed by atoms with Crippen molar-refractivity contribution in [1.82, 2.24) is 0 Å². The predicted molar refractivity (Wildman–Crippen MR) is 68.1 cm³/mol. The first-order valence-corrected chi connectivity index (χ1v) is 5.89. The molecule has 92 valence electrons. The Balaban J connectivity index is 4.45. The highest BCUT2D eigenvalue weighted by Crippen LogP contribution is 2.16. The zero-order chi connectivity index (χ0) is 12.7. The minimum atomic E-state index is -0.223. The summed E-state index contributed by atoms with van der Waals surface area (Å²) < 4.78 is 5.20. The lowest BCUT2D eigenvalue weighted by Crippen LogP contribution is -2.19. The lowest BCUT2D eigenvalue weighted by molar-refractivity contribution is -0.147. The van der Waals surface area contributed by atoms with E-state index in [0.717, 1.165) is 5.57 Å². The molecule has 0 spiro atoms. The van der Waals surface area contributed by atoms with Gasteiger partial charge in [0.25, 0.3) is 0 Å². The lowest BCUT2D eigenvalue weighted by atomic mass is 9.97. The third kappa shape index (κ3) is 5.74. The summed E-state index contributed by atoms with van der Waals surface area (Å²) in [6, 6.07) is 0. The van der Waals surface area contributed by atoms with E-state index >= 15 is 0 Å². The fourth-order valence-corrected chi connectivity index (χ4v) is 1.28. The van der Waals surface area contributed by atoms with Crippen LogP contribution in [0.3, 0.4) is 0 Å². The molecule has 16 heavy (non-hydrogen) atoms. The molecule has 1 unspecified atom stereocenters. The maximum Gasteiger partial charge on any atom is 0.313 e. The first-order chi connectivity index (χ1) is 7.38. The van der Waals surface area contributed by atoms with Crippen LogP contribution in [0.15, 0.2) is 24.3 Å². The van der Waals surface area contributed by atoms with Gasteiger partial charge >= 0.3 is 5.97 Å². The van der Waals surface area contributed by atoms with Gasteiger partial charge in [-0.3, -0.25) is 4.79 Å². The third-order valence-electron chi connectivity index (χ3n) is 2.17. The van der Waals surface area contributed by atoms with Crippen molar-refractivity contribution in [3.63, 3.8) is 0 Å². The fraction of sp³-hybridized carbons (Fsp3) is 0.643. The molecule has 0 fully saturated rings. The normalized spacial score (nSPS) is 14.1. The molecule has 0 radical (unpaired) electrons. The molecule has 0 aliphatic carbocycles. The van der Waals surface area contributed by atoms with Crippen molar-refractivity contribution in [2.75, 3.05) is 6.61 Å². The van der Waals surface area contributed by atoms with Crippen LogP contribution in [0.1, 0.15) is 34.6 Å². The molecule has 0 heterocycles. The topological polar surface area (TPSA) is 26.3 Å².